The third-order valence-corrected chi connectivity index (χ3v) is 1.82. The summed E-state index contributed by atoms with van der Waals surface area (Å²) in [4.78, 5) is 3.80. The fraction of sp³-hybridized carbons (Fsp3) is 0.100. The van der Waals surface area contributed by atoms with Crippen molar-refractivity contribution in [1.82, 2.24) is 4.98 Å². The van der Waals surface area contributed by atoms with E-state index in [9.17, 15) is 0 Å². The van der Waals surface area contributed by atoms with E-state index < -0.39 is 0 Å². The Morgan fingerprint density at radius 1 is 1.29 bits per heavy atom. The highest BCUT2D eigenvalue weighted by Crippen LogP contribution is 2.14. The highest BCUT2D eigenvalue weighted by molar-refractivity contribution is 5.45. The maximum Gasteiger partial charge on any atom is 0.180 e. The largest absolute Gasteiger partial charge is 0.508 e. The van der Waals surface area contributed by atoms with E-state index in [4.69, 9.17) is 9.52 Å². The predicted molar refractivity (Wildman–Crippen MR) is 51.9 cm³/mol. The first-order chi connectivity index (χ1) is 6.84. The Morgan fingerprint density at radius 3 is 2.71 bits per heavy atom. The maximum atomic E-state index is 9.05. The van der Waals surface area contributed by atoms with Gasteiger partial charge >= 0.3 is 0 Å². The molecule has 0 aliphatic carbocycles. The zero-order valence-corrected chi connectivity index (χ0v) is 7.47. The Morgan fingerprint density at radius 2 is 2.07 bits per heavy atom. The molecule has 72 valence electrons. The van der Waals surface area contributed by atoms with Gasteiger partial charge in [-0.3, -0.25) is 0 Å². The first-order valence-electron chi connectivity index (χ1n) is 4.25. The number of phenols is 1. The Hall–Kier alpha value is -1.97. The minimum atomic E-state index is 0.259. The molecule has 0 unspecified atom stereocenters. The lowest BCUT2D eigenvalue weighted by molar-refractivity contribution is 0.475. The highest BCUT2D eigenvalue weighted by Gasteiger charge is 1.96. The van der Waals surface area contributed by atoms with Crippen molar-refractivity contribution in [3.05, 3.63) is 42.6 Å². The quantitative estimate of drug-likeness (QED) is 0.727. The molecule has 0 radical (unpaired) electrons. The Balaban J connectivity index is 1.95. The summed E-state index contributed by atoms with van der Waals surface area (Å²) in [5.74, 6) is 1.04. The number of hydrogen-bond acceptors (Lipinski definition) is 4. The number of nitrogens with one attached hydrogen (secondary N) is 1. The van der Waals surface area contributed by atoms with Crippen LogP contribution in [0.25, 0.3) is 0 Å². The van der Waals surface area contributed by atoms with Gasteiger partial charge in [0.15, 0.2) is 6.39 Å². The van der Waals surface area contributed by atoms with Crippen molar-refractivity contribution in [3.8, 4) is 5.75 Å². The second-order valence-corrected chi connectivity index (χ2v) is 2.87. The zero-order valence-electron chi connectivity index (χ0n) is 7.47. The summed E-state index contributed by atoms with van der Waals surface area (Å²) in [6.07, 6.45) is 3.06. The van der Waals surface area contributed by atoms with Crippen LogP contribution in [0.1, 0.15) is 5.76 Å². The van der Waals surface area contributed by atoms with Gasteiger partial charge in [0, 0.05) is 5.69 Å². The molecule has 0 fully saturated rings. The molecule has 0 bridgehead atoms. The van der Waals surface area contributed by atoms with Crippen molar-refractivity contribution in [3.63, 3.8) is 0 Å². The summed E-state index contributed by atoms with van der Waals surface area (Å²) in [6, 6.07) is 6.85. The molecule has 0 saturated carbocycles. The van der Waals surface area contributed by atoms with E-state index >= 15 is 0 Å². The summed E-state index contributed by atoms with van der Waals surface area (Å²) in [5.41, 5.74) is 0.930. The molecular weight excluding hydrogens is 180 g/mol. The van der Waals surface area contributed by atoms with Gasteiger partial charge < -0.3 is 14.8 Å². The summed E-state index contributed by atoms with van der Waals surface area (Å²) >= 11 is 0. The SMILES string of the molecule is Oc1ccc(NCc2cnco2)cc1. The van der Waals surface area contributed by atoms with Crippen LogP contribution in [-0.4, -0.2) is 10.1 Å². The molecule has 4 heteroatoms. The normalized spacial score (nSPS) is 10.0. The molecule has 2 rings (SSSR count). The lowest BCUT2D eigenvalue weighted by Gasteiger charge is -2.03. The minimum Gasteiger partial charge on any atom is -0.508 e. The Bertz CT molecular complexity index is 381. The molecule has 2 N–H and O–H groups in total. The number of anilines is 1. The molecule has 14 heavy (non-hydrogen) atoms. The van der Waals surface area contributed by atoms with Crippen molar-refractivity contribution in [2.45, 2.75) is 6.54 Å². The molecule has 0 saturated heterocycles. The van der Waals surface area contributed by atoms with Crippen molar-refractivity contribution in [1.29, 1.82) is 0 Å². The van der Waals surface area contributed by atoms with E-state index in [1.807, 2.05) is 0 Å². The van der Waals surface area contributed by atoms with Crippen molar-refractivity contribution >= 4 is 5.69 Å². The van der Waals surface area contributed by atoms with Gasteiger partial charge in [-0.1, -0.05) is 0 Å². The number of aromatic hydroxyl groups is 1. The van der Waals surface area contributed by atoms with Crippen LogP contribution in [0.4, 0.5) is 5.69 Å². The summed E-state index contributed by atoms with van der Waals surface area (Å²) in [6.45, 7) is 0.588. The molecule has 0 aliphatic heterocycles. The van der Waals surface area contributed by atoms with Crippen LogP contribution in [0.15, 0.2) is 41.3 Å². The number of benzene rings is 1. The standard InChI is InChI=1S/C10H10N2O2/c13-9-3-1-8(2-4-9)12-6-10-5-11-7-14-10/h1-5,7,12-13H,6H2. The number of phenolic OH excluding ortho intramolecular Hbond substituents is 1. The molecule has 0 atom stereocenters. The van der Waals surface area contributed by atoms with Crippen molar-refractivity contribution in [2.75, 3.05) is 5.32 Å². The van der Waals surface area contributed by atoms with E-state index in [2.05, 4.69) is 10.3 Å². The second kappa shape index (κ2) is 3.83. The van der Waals surface area contributed by atoms with Gasteiger partial charge in [-0.15, -0.1) is 0 Å². The van der Waals surface area contributed by atoms with Gasteiger partial charge in [0.1, 0.15) is 11.5 Å². The van der Waals surface area contributed by atoms with E-state index in [-0.39, 0.29) is 5.75 Å². The van der Waals surface area contributed by atoms with Crippen molar-refractivity contribution in [2.24, 2.45) is 0 Å². The van der Waals surface area contributed by atoms with E-state index in [1.165, 1.54) is 6.39 Å². The molecule has 0 spiro atoms. The van der Waals surface area contributed by atoms with E-state index in [0.29, 0.717) is 6.54 Å². The smallest absolute Gasteiger partial charge is 0.180 e. The fourth-order valence-electron chi connectivity index (χ4n) is 1.10. The number of oxazole rings is 1. The third-order valence-electron chi connectivity index (χ3n) is 1.82. The zero-order chi connectivity index (χ0) is 9.80. The van der Waals surface area contributed by atoms with Crippen LogP contribution < -0.4 is 5.32 Å². The average Bonchev–Trinajstić information content (AvgIpc) is 2.70. The van der Waals surface area contributed by atoms with Gasteiger partial charge in [0.2, 0.25) is 0 Å². The van der Waals surface area contributed by atoms with Crippen LogP contribution in [0.2, 0.25) is 0 Å². The molecule has 2 aromatic rings. The fourth-order valence-corrected chi connectivity index (χ4v) is 1.10. The molecule has 0 aliphatic rings. The van der Waals surface area contributed by atoms with Crippen LogP contribution in [0, 0.1) is 0 Å². The van der Waals surface area contributed by atoms with Gasteiger partial charge in [0.05, 0.1) is 12.7 Å². The molecule has 1 heterocycles. The minimum absolute atomic E-state index is 0.259. The third kappa shape index (κ3) is 2.04. The molecule has 1 aromatic heterocycles. The Kier molecular flexibility index (Phi) is 2.36. The number of rotatable bonds is 3. The van der Waals surface area contributed by atoms with Gasteiger partial charge in [-0.2, -0.15) is 0 Å². The number of aromatic nitrogens is 1. The number of nitrogens with zero attached hydrogens (tertiary/aromatic N) is 1. The number of hydrogen-bond donors (Lipinski definition) is 2. The highest BCUT2D eigenvalue weighted by atomic mass is 16.3. The first-order valence-corrected chi connectivity index (χ1v) is 4.25. The molecule has 0 amide bonds. The molecule has 4 nitrogen and oxygen atoms in total. The van der Waals surface area contributed by atoms with Crippen molar-refractivity contribution < 1.29 is 9.52 Å². The Labute approximate surface area is 81.2 Å². The average molecular weight is 190 g/mol. The van der Waals surface area contributed by atoms with Gasteiger partial charge in [-0.25, -0.2) is 4.98 Å². The van der Waals surface area contributed by atoms with Gasteiger partial charge in [0.25, 0.3) is 0 Å². The lowest BCUT2D eigenvalue weighted by atomic mass is 10.3. The van der Waals surface area contributed by atoms with Crippen LogP contribution in [-0.2, 0) is 6.54 Å². The maximum absolute atomic E-state index is 9.05. The monoisotopic (exact) mass is 190 g/mol. The molecule has 1 aromatic carbocycles. The van der Waals surface area contributed by atoms with E-state index in [1.54, 1.807) is 30.5 Å². The topological polar surface area (TPSA) is 58.3 Å². The summed E-state index contributed by atoms with van der Waals surface area (Å²) in [7, 11) is 0. The predicted octanol–water partition coefficient (Wildman–Crippen LogP) is 1.99. The summed E-state index contributed by atoms with van der Waals surface area (Å²) < 4.78 is 5.06. The van der Waals surface area contributed by atoms with Crippen LogP contribution in [0.3, 0.4) is 0 Å². The second-order valence-electron chi connectivity index (χ2n) is 2.87. The lowest BCUT2D eigenvalue weighted by Crippen LogP contribution is -1.97. The van der Waals surface area contributed by atoms with E-state index in [0.717, 1.165) is 11.4 Å². The van der Waals surface area contributed by atoms with Gasteiger partial charge in [-0.05, 0) is 24.3 Å². The first kappa shape index (κ1) is 8.62. The molecular formula is C10H10N2O2. The van der Waals surface area contributed by atoms with Crippen LogP contribution in [0.5, 0.6) is 5.75 Å². The summed E-state index contributed by atoms with van der Waals surface area (Å²) in [5, 5.41) is 12.2. The van der Waals surface area contributed by atoms with Crippen LogP contribution >= 0.6 is 0 Å².